The number of hydrogen-bond acceptors (Lipinski definition) is 2. The lowest BCUT2D eigenvalue weighted by Crippen LogP contribution is -2.28. The number of benzene rings is 1. The molecule has 1 aromatic carbocycles. The summed E-state index contributed by atoms with van der Waals surface area (Å²) in [7, 11) is 0. The number of nitrogens with one attached hydrogen (secondary N) is 1. The predicted molar refractivity (Wildman–Crippen MR) is 55.2 cm³/mol. The zero-order valence-corrected chi connectivity index (χ0v) is 8.74. The molecule has 0 aliphatic heterocycles. The minimum absolute atomic E-state index is 0.275. The molecule has 0 bridgehead atoms. The number of rotatable bonds is 4. The maximum atomic E-state index is 12.9. The Morgan fingerprint density at radius 2 is 2.19 bits per heavy atom. The van der Waals surface area contributed by atoms with Gasteiger partial charge in [0.25, 0.3) is 0 Å². The molecule has 0 aliphatic carbocycles. The molecule has 86 valence electrons. The second kappa shape index (κ2) is 5.25. The van der Waals surface area contributed by atoms with Crippen LogP contribution in [0.5, 0.6) is 0 Å². The minimum atomic E-state index is -1.05. The van der Waals surface area contributed by atoms with Gasteiger partial charge in [-0.15, -0.1) is 0 Å². The summed E-state index contributed by atoms with van der Waals surface area (Å²) in [6.45, 7) is 1.29. The molecule has 0 spiro atoms. The van der Waals surface area contributed by atoms with Crippen molar-refractivity contribution in [1.82, 2.24) is 5.32 Å². The van der Waals surface area contributed by atoms with Gasteiger partial charge in [-0.3, -0.25) is 9.59 Å². The van der Waals surface area contributed by atoms with E-state index in [9.17, 15) is 14.0 Å². The molecule has 0 saturated carbocycles. The van der Waals surface area contributed by atoms with Crippen LogP contribution in [0.1, 0.15) is 24.9 Å². The lowest BCUT2D eigenvalue weighted by molar-refractivity contribution is -0.137. The lowest BCUT2D eigenvalue weighted by atomic mass is 10.0. The van der Waals surface area contributed by atoms with Crippen molar-refractivity contribution in [3.63, 3.8) is 0 Å². The number of amides is 1. The van der Waals surface area contributed by atoms with Crippen LogP contribution in [0, 0.1) is 5.82 Å². The summed E-state index contributed by atoms with van der Waals surface area (Å²) < 4.78 is 12.9. The molecular formula is C11H12FNO3. The summed E-state index contributed by atoms with van der Waals surface area (Å²) in [5.74, 6) is -1.86. The Kier molecular flexibility index (Phi) is 3.99. The van der Waals surface area contributed by atoms with Crippen LogP contribution in [0.4, 0.5) is 4.39 Å². The Hall–Kier alpha value is -1.91. The highest BCUT2D eigenvalue weighted by Gasteiger charge is 2.16. The van der Waals surface area contributed by atoms with E-state index in [4.69, 9.17) is 5.11 Å². The fourth-order valence-electron chi connectivity index (χ4n) is 1.40. The van der Waals surface area contributed by atoms with Crippen LogP contribution < -0.4 is 5.32 Å². The summed E-state index contributed by atoms with van der Waals surface area (Å²) in [6.07, 6.45) is -0.275. The smallest absolute Gasteiger partial charge is 0.305 e. The van der Waals surface area contributed by atoms with E-state index in [-0.39, 0.29) is 12.3 Å². The molecule has 0 aliphatic rings. The molecule has 4 nitrogen and oxygen atoms in total. The zero-order valence-electron chi connectivity index (χ0n) is 8.74. The van der Waals surface area contributed by atoms with Crippen LogP contribution in [-0.2, 0) is 9.59 Å². The highest BCUT2D eigenvalue weighted by Crippen LogP contribution is 2.17. The largest absolute Gasteiger partial charge is 0.481 e. The van der Waals surface area contributed by atoms with Crippen LogP contribution in [0.2, 0.25) is 0 Å². The van der Waals surface area contributed by atoms with E-state index in [2.05, 4.69) is 5.32 Å². The minimum Gasteiger partial charge on any atom is -0.481 e. The van der Waals surface area contributed by atoms with E-state index < -0.39 is 17.8 Å². The van der Waals surface area contributed by atoms with E-state index in [1.54, 1.807) is 6.07 Å². The van der Waals surface area contributed by atoms with Crippen molar-refractivity contribution in [3.8, 4) is 0 Å². The van der Waals surface area contributed by atoms with E-state index in [0.29, 0.717) is 5.56 Å². The van der Waals surface area contributed by atoms with Crippen LogP contribution in [0.25, 0.3) is 0 Å². The first-order chi connectivity index (χ1) is 7.49. The molecule has 1 unspecified atom stereocenters. The van der Waals surface area contributed by atoms with E-state index in [0.717, 1.165) is 0 Å². The first kappa shape index (κ1) is 12.2. The first-order valence-corrected chi connectivity index (χ1v) is 4.73. The first-order valence-electron chi connectivity index (χ1n) is 4.73. The van der Waals surface area contributed by atoms with Gasteiger partial charge in [-0.25, -0.2) is 4.39 Å². The fraction of sp³-hybridized carbons (Fsp3) is 0.273. The molecule has 0 saturated heterocycles. The summed E-state index contributed by atoms with van der Waals surface area (Å²) in [5.41, 5.74) is 0.442. The Labute approximate surface area is 92.1 Å². The van der Waals surface area contributed by atoms with Gasteiger partial charge in [0.2, 0.25) is 5.91 Å². The van der Waals surface area contributed by atoms with Gasteiger partial charge in [-0.05, 0) is 17.7 Å². The molecule has 0 heterocycles. The predicted octanol–water partition coefficient (Wildman–Crippen LogP) is 1.48. The number of carbonyl (C=O) groups excluding carboxylic acids is 1. The van der Waals surface area contributed by atoms with Crippen LogP contribution in [0.3, 0.4) is 0 Å². The third-order valence-corrected chi connectivity index (χ3v) is 2.01. The van der Waals surface area contributed by atoms with Crippen molar-refractivity contribution in [1.29, 1.82) is 0 Å². The Balaban J connectivity index is 2.90. The molecule has 1 aromatic rings. The summed E-state index contributed by atoms with van der Waals surface area (Å²) in [6, 6.07) is 4.82. The average Bonchev–Trinajstić information content (AvgIpc) is 2.15. The van der Waals surface area contributed by atoms with Crippen molar-refractivity contribution in [3.05, 3.63) is 35.6 Å². The highest BCUT2D eigenvalue weighted by molar-refractivity contribution is 5.75. The number of carbonyl (C=O) groups is 2. The van der Waals surface area contributed by atoms with Gasteiger partial charge in [0.15, 0.2) is 0 Å². The highest BCUT2D eigenvalue weighted by atomic mass is 19.1. The van der Waals surface area contributed by atoms with Crippen LogP contribution in [0.15, 0.2) is 24.3 Å². The summed E-state index contributed by atoms with van der Waals surface area (Å²) >= 11 is 0. The second-order valence-corrected chi connectivity index (χ2v) is 3.41. The SMILES string of the molecule is CC(=O)NC(CC(=O)O)c1cccc(F)c1. The molecule has 5 heteroatoms. The van der Waals surface area contributed by atoms with Crippen LogP contribution >= 0.6 is 0 Å². The number of carboxylic acids is 1. The van der Waals surface area contributed by atoms with E-state index in [1.807, 2.05) is 0 Å². The molecule has 0 aromatic heterocycles. The summed E-state index contributed by atoms with van der Waals surface area (Å²) in [4.78, 5) is 21.5. The molecule has 16 heavy (non-hydrogen) atoms. The van der Waals surface area contributed by atoms with E-state index in [1.165, 1.54) is 25.1 Å². The third kappa shape index (κ3) is 3.68. The van der Waals surface area contributed by atoms with Crippen LogP contribution in [-0.4, -0.2) is 17.0 Å². The monoisotopic (exact) mass is 225 g/mol. The van der Waals surface area contributed by atoms with Gasteiger partial charge in [0.05, 0.1) is 12.5 Å². The number of halogens is 1. The van der Waals surface area contributed by atoms with Gasteiger partial charge >= 0.3 is 5.97 Å². The van der Waals surface area contributed by atoms with Gasteiger partial charge in [0.1, 0.15) is 5.82 Å². The quantitative estimate of drug-likeness (QED) is 0.815. The number of aliphatic carboxylic acids is 1. The maximum Gasteiger partial charge on any atom is 0.305 e. The van der Waals surface area contributed by atoms with Crippen molar-refractivity contribution in [2.75, 3.05) is 0 Å². The Morgan fingerprint density at radius 1 is 1.50 bits per heavy atom. The topological polar surface area (TPSA) is 66.4 Å². The second-order valence-electron chi connectivity index (χ2n) is 3.41. The van der Waals surface area contributed by atoms with Crippen molar-refractivity contribution < 1.29 is 19.1 Å². The third-order valence-electron chi connectivity index (χ3n) is 2.01. The fourth-order valence-corrected chi connectivity index (χ4v) is 1.40. The standard InChI is InChI=1S/C11H12FNO3/c1-7(14)13-10(6-11(15)16)8-3-2-4-9(12)5-8/h2-5,10H,6H2,1H3,(H,13,14)(H,15,16). The molecule has 1 amide bonds. The molecule has 0 radical (unpaired) electrons. The van der Waals surface area contributed by atoms with Gasteiger partial charge < -0.3 is 10.4 Å². The van der Waals surface area contributed by atoms with E-state index >= 15 is 0 Å². The van der Waals surface area contributed by atoms with Gasteiger partial charge in [-0.1, -0.05) is 12.1 Å². The Morgan fingerprint density at radius 3 is 2.69 bits per heavy atom. The maximum absolute atomic E-state index is 12.9. The Bertz CT molecular complexity index is 390. The van der Waals surface area contributed by atoms with Crippen molar-refractivity contribution in [2.45, 2.75) is 19.4 Å². The molecule has 0 fully saturated rings. The summed E-state index contributed by atoms with van der Waals surface area (Å²) in [5, 5.41) is 11.2. The average molecular weight is 225 g/mol. The molecule has 2 N–H and O–H groups in total. The van der Waals surface area contributed by atoms with Gasteiger partial charge in [0, 0.05) is 6.92 Å². The zero-order chi connectivity index (χ0) is 12.1. The lowest BCUT2D eigenvalue weighted by Gasteiger charge is -2.16. The van der Waals surface area contributed by atoms with Crippen molar-refractivity contribution in [2.24, 2.45) is 0 Å². The van der Waals surface area contributed by atoms with Crippen molar-refractivity contribution >= 4 is 11.9 Å². The number of hydrogen-bond donors (Lipinski definition) is 2. The molecule has 1 atom stereocenters. The molecular weight excluding hydrogens is 213 g/mol. The molecule has 1 rings (SSSR count). The number of carboxylic acid groups (broad SMARTS) is 1. The van der Waals surface area contributed by atoms with Gasteiger partial charge in [-0.2, -0.15) is 0 Å². The normalized spacial score (nSPS) is 11.9.